The zero-order valence-electron chi connectivity index (χ0n) is 13.8. The first-order valence-corrected chi connectivity index (χ1v) is 8.61. The number of hydrogen-bond donors (Lipinski definition) is 1. The lowest BCUT2D eigenvalue weighted by Crippen LogP contribution is -2.51. The minimum Gasteiger partial charge on any atom is -0.323 e. The Kier molecular flexibility index (Phi) is 4.96. The van der Waals surface area contributed by atoms with Crippen LogP contribution in [-0.2, 0) is 9.59 Å². The molecule has 23 heavy (non-hydrogen) atoms. The first-order valence-electron chi connectivity index (χ1n) is 8.61. The zero-order chi connectivity index (χ0) is 16.2. The average molecular weight is 315 g/mol. The number of para-hydroxylation sites is 2. The number of nitrogens with zero attached hydrogens (tertiary/aromatic N) is 2. The van der Waals surface area contributed by atoms with Crippen LogP contribution >= 0.6 is 0 Å². The number of carbonyl (C=O) groups excluding carboxylic acids is 2. The highest BCUT2D eigenvalue weighted by atomic mass is 16.2. The Hall–Kier alpha value is -1.88. The van der Waals surface area contributed by atoms with Crippen molar-refractivity contribution in [2.45, 2.75) is 45.1 Å². The number of likely N-dealkylation sites (tertiary alicyclic amines) is 1. The molecule has 0 bridgehead atoms. The maximum atomic E-state index is 13.0. The van der Waals surface area contributed by atoms with Crippen molar-refractivity contribution in [3.63, 3.8) is 0 Å². The Labute approximate surface area is 137 Å². The van der Waals surface area contributed by atoms with Gasteiger partial charge in [0.15, 0.2) is 0 Å². The van der Waals surface area contributed by atoms with Gasteiger partial charge in [-0.1, -0.05) is 31.4 Å². The van der Waals surface area contributed by atoms with Crippen LogP contribution in [0.15, 0.2) is 24.3 Å². The molecule has 5 heteroatoms. The van der Waals surface area contributed by atoms with Gasteiger partial charge < -0.3 is 5.32 Å². The average Bonchev–Trinajstić information content (AvgIpc) is 2.52. The zero-order valence-corrected chi connectivity index (χ0v) is 13.8. The second kappa shape index (κ2) is 7.13. The van der Waals surface area contributed by atoms with Crippen molar-refractivity contribution < 1.29 is 9.59 Å². The van der Waals surface area contributed by atoms with E-state index in [1.54, 1.807) is 4.90 Å². The summed E-state index contributed by atoms with van der Waals surface area (Å²) in [5, 5.41) is 2.84. The molecule has 124 valence electrons. The van der Waals surface area contributed by atoms with E-state index >= 15 is 0 Å². The Morgan fingerprint density at radius 1 is 1.09 bits per heavy atom. The van der Waals surface area contributed by atoms with Crippen molar-refractivity contribution in [1.82, 2.24) is 4.90 Å². The highest BCUT2D eigenvalue weighted by Gasteiger charge is 2.32. The van der Waals surface area contributed by atoms with Gasteiger partial charge in [0.25, 0.3) is 0 Å². The number of hydrogen-bond acceptors (Lipinski definition) is 3. The fraction of sp³-hybridized carbons (Fsp3) is 0.556. The van der Waals surface area contributed by atoms with Crippen LogP contribution in [0.4, 0.5) is 11.4 Å². The van der Waals surface area contributed by atoms with Crippen molar-refractivity contribution in [2.75, 3.05) is 29.9 Å². The van der Waals surface area contributed by atoms with Gasteiger partial charge in [0, 0.05) is 0 Å². The number of rotatable bonds is 2. The number of carbonyl (C=O) groups is 2. The third-order valence-electron chi connectivity index (χ3n) is 4.83. The molecule has 1 aromatic carbocycles. The van der Waals surface area contributed by atoms with Crippen molar-refractivity contribution in [3.8, 4) is 0 Å². The van der Waals surface area contributed by atoms with Crippen LogP contribution in [0.2, 0.25) is 0 Å². The molecule has 2 aliphatic heterocycles. The summed E-state index contributed by atoms with van der Waals surface area (Å²) >= 11 is 0. The first kappa shape index (κ1) is 16.0. The van der Waals surface area contributed by atoms with Gasteiger partial charge in [-0.15, -0.1) is 0 Å². The number of amides is 2. The quantitative estimate of drug-likeness (QED) is 0.913. The molecule has 2 amide bonds. The molecule has 1 saturated heterocycles. The van der Waals surface area contributed by atoms with Crippen LogP contribution in [-0.4, -0.2) is 42.4 Å². The largest absolute Gasteiger partial charge is 0.323 e. The second-order valence-corrected chi connectivity index (χ2v) is 6.47. The molecule has 1 aromatic rings. The molecule has 3 rings (SSSR count). The number of fused-ring (bicyclic) bond motifs is 1. The summed E-state index contributed by atoms with van der Waals surface area (Å²) in [6.07, 6.45) is 6.08. The highest BCUT2D eigenvalue weighted by Crippen LogP contribution is 2.30. The van der Waals surface area contributed by atoms with E-state index in [0.717, 1.165) is 37.3 Å². The molecule has 0 aliphatic carbocycles. The molecule has 2 heterocycles. The summed E-state index contributed by atoms with van der Waals surface area (Å²) < 4.78 is 0. The van der Waals surface area contributed by atoms with Gasteiger partial charge in [-0.3, -0.25) is 19.4 Å². The summed E-state index contributed by atoms with van der Waals surface area (Å²) in [5.41, 5.74) is 1.52. The van der Waals surface area contributed by atoms with Gasteiger partial charge in [0.1, 0.15) is 6.54 Å². The smallest absolute Gasteiger partial charge is 0.244 e. The van der Waals surface area contributed by atoms with E-state index < -0.39 is 0 Å². The van der Waals surface area contributed by atoms with Crippen LogP contribution in [0.25, 0.3) is 0 Å². The Morgan fingerprint density at radius 3 is 2.48 bits per heavy atom. The van der Waals surface area contributed by atoms with Crippen LogP contribution in [0.3, 0.4) is 0 Å². The predicted octanol–water partition coefficient (Wildman–Crippen LogP) is 2.63. The summed E-state index contributed by atoms with van der Waals surface area (Å²) in [6, 6.07) is 7.32. The topological polar surface area (TPSA) is 52.7 Å². The monoisotopic (exact) mass is 315 g/mol. The summed E-state index contributed by atoms with van der Waals surface area (Å²) in [7, 11) is 0. The predicted molar refractivity (Wildman–Crippen MR) is 91.5 cm³/mol. The van der Waals surface area contributed by atoms with E-state index in [-0.39, 0.29) is 24.4 Å². The number of nitrogens with one attached hydrogen (secondary N) is 1. The summed E-state index contributed by atoms with van der Waals surface area (Å²) in [6.45, 7) is 4.01. The van der Waals surface area contributed by atoms with E-state index in [1.807, 2.05) is 31.2 Å². The lowest BCUT2D eigenvalue weighted by molar-refractivity contribution is -0.125. The summed E-state index contributed by atoms with van der Waals surface area (Å²) in [4.78, 5) is 28.8. The Bertz CT molecular complexity index is 579. The van der Waals surface area contributed by atoms with Gasteiger partial charge in [0.2, 0.25) is 11.8 Å². The van der Waals surface area contributed by atoms with Gasteiger partial charge in [-0.05, 0) is 45.0 Å². The van der Waals surface area contributed by atoms with Crippen molar-refractivity contribution >= 4 is 23.2 Å². The van der Waals surface area contributed by atoms with E-state index in [9.17, 15) is 9.59 Å². The lowest BCUT2D eigenvalue weighted by atomic mass is 10.1. The van der Waals surface area contributed by atoms with Gasteiger partial charge >= 0.3 is 0 Å². The lowest BCUT2D eigenvalue weighted by Gasteiger charge is -2.35. The molecule has 5 nitrogen and oxygen atoms in total. The molecular formula is C18H25N3O2. The molecule has 0 aromatic heterocycles. The van der Waals surface area contributed by atoms with Crippen LogP contribution in [0.1, 0.15) is 39.0 Å². The second-order valence-electron chi connectivity index (χ2n) is 6.47. The van der Waals surface area contributed by atoms with Crippen LogP contribution in [0, 0.1) is 0 Å². The molecule has 2 aliphatic rings. The van der Waals surface area contributed by atoms with Crippen molar-refractivity contribution in [2.24, 2.45) is 0 Å². The summed E-state index contributed by atoms with van der Waals surface area (Å²) in [5.74, 6) is -0.107. The Morgan fingerprint density at radius 2 is 1.74 bits per heavy atom. The number of anilines is 2. The van der Waals surface area contributed by atoms with Crippen LogP contribution < -0.4 is 10.2 Å². The molecule has 1 fully saturated rings. The molecule has 1 atom stereocenters. The fourth-order valence-corrected chi connectivity index (χ4v) is 3.47. The van der Waals surface area contributed by atoms with E-state index in [1.165, 1.54) is 19.3 Å². The Balaban J connectivity index is 1.77. The SMILES string of the molecule is C[C@H](C(=O)N1CC(=O)Nc2ccccc21)N1CCCCCCC1. The van der Waals surface area contributed by atoms with Gasteiger partial charge in [0.05, 0.1) is 17.4 Å². The third-order valence-corrected chi connectivity index (χ3v) is 4.83. The van der Waals surface area contributed by atoms with E-state index in [0.29, 0.717) is 0 Å². The molecule has 1 N–H and O–H groups in total. The maximum Gasteiger partial charge on any atom is 0.244 e. The van der Waals surface area contributed by atoms with Gasteiger partial charge in [-0.25, -0.2) is 0 Å². The molecule has 0 spiro atoms. The third kappa shape index (κ3) is 3.55. The van der Waals surface area contributed by atoms with Crippen LogP contribution in [0.5, 0.6) is 0 Å². The molecular weight excluding hydrogens is 290 g/mol. The molecule has 0 unspecified atom stereocenters. The fourth-order valence-electron chi connectivity index (χ4n) is 3.47. The first-order chi connectivity index (χ1) is 11.2. The standard InChI is InChI=1S/C18H25N3O2/c1-14(20-11-7-3-2-4-8-12-20)18(23)21-13-17(22)19-15-9-5-6-10-16(15)21/h5-6,9-10,14H,2-4,7-8,11-13H2,1H3,(H,19,22)/t14-/m1/s1. The van der Waals surface area contributed by atoms with Gasteiger partial charge in [-0.2, -0.15) is 0 Å². The normalized spacial score (nSPS) is 20.9. The maximum absolute atomic E-state index is 13.0. The molecule has 0 radical (unpaired) electrons. The van der Waals surface area contributed by atoms with Crippen molar-refractivity contribution in [3.05, 3.63) is 24.3 Å². The van der Waals surface area contributed by atoms with Crippen molar-refractivity contribution in [1.29, 1.82) is 0 Å². The number of benzene rings is 1. The minimum absolute atomic E-state index is 0.0212. The minimum atomic E-state index is -0.188. The molecule has 0 saturated carbocycles. The van der Waals surface area contributed by atoms with E-state index in [4.69, 9.17) is 0 Å². The van der Waals surface area contributed by atoms with E-state index in [2.05, 4.69) is 10.2 Å². The highest BCUT2D eigenvalue weighted by molar-refractivity contribution is 6.11.